The van der Waals surface area contributed by atoms with Crippen molar-refractivity contribution in [2.24, 2.45) is 0 Å². The van der Waals surface area contributed by atoms with Crippen LogP contribution in [0, 0.1) is 0 Å². The monoisotopic (exact) mass is 437 g/mol. The summed E-state index contributed by atoms with van der Waals surface area (Å²) in [6.45, 7) is 3.37. The molecule has 0 saturated carbocycles. The van der Waals surface area contributed by atoms with Crippen LogP contribution >= 0.6 is 11.8 Å². The number of fused-ring (bicyclic) bond motifs is 1. The van der Waals surface area contributed by atoms with E-state index in [9.17, 15) is 32.5 Å². The number of carboxylic acid groups (broad SMARTS) is 1. The first-order valence-corrected chi connectivity index (χ1v) is 10.4. The fourth-order valence-electron chi connectivity index (χ4n) is 3.46. The van der Waals surface area contributed by atoms with Crippen LogP contribution in [0.25, 0.3) is 0 Å². The van der Waals surface area contributed by atoms with Crippen molar-refractivity contribution in [2.45, 2.75) is 41.3 Å². The van der Waals surface area contributed by atoms with Gasteiger partial charge in [0.1, 0.15) is 17.5 Å². The van der Waals surface area contributed by atoms with Crippen molar-refractivity contribution < 1.29 is 32.5 Å². The molecule has 2 aliphatic rings. The second kappa shape index (κ2) is 7.96. The Morgan fingerprint density at radius 3 is 2.32 bits per heavy atom. The zero-order valence-electron chi connectivity index (χ0n) is 15.4. The van der Waals surface area contributed by atoms with Crippen molar-refractivity contribution >= 4 is 69.2 Å². The molecule has 0 aromatic heterocycles. The Morgan fingerprint density at radius 1 is 1.25 bits per heavy atom. The summed E-state index contributed by atoms with van der Waals surface area (Å²) >= 11 is 1.22. The van der Waals surface area contributed by atoms with Crippen LogP contribution in [-0.4, -0.2) is 92.5 Å². The Morgan fingerprint density at radius 2 is 1.82 bits per heavy atom. The minimum absolute atomic E-state index is 0. The Labute approximate surface area is 188 Å². The summed E-state index contributed by atoms with van der Waals surface area (Å²) < 4.78 is 32.2. The van der Waals surface area contributed by atoms with Crippen LogP contribution in [0.3, 0.4) is 0 Å². The average molecular weight is 437 g/mol. The summed E-state index contributed by atoms with van der Waals surface area (Å²) in [5, 5.41) is 9.26. The molecule has 2 heterocycles. The van der Waals surface area contributed by atoms with Crippen LogP contribution in [-0.2, 0) is 24.5 Å². The summed E-state index contributed by atoms with van der Waals surface area (Å²) in [6, 6.07) is 5.31. The van der Waals surface area contributed by atoms with Gasteiger partial charge in [0.2, 0.25) is 11.8 Å². The van der Waals surface area contributed by atoms with Gasteiger partial charge < -0.3 is 15.3 Å². The first kappa shape index (κ1) is 23.2. The quantitative estimate of drug-likeness (QED) is 0.329. The van der Waals surface area contributed by atoms with Gasteiger partial charge in [-0.3, -0.25) is 14.1 Å². The zero-order chi connectivity index (χ0) is 20.1. The molecule has 28 heavy (non-hydrogen) atoms. The van der Waals surface area contributed by atoms with E-state index in [1.807, 2.05) is 0 Å². The van der Waals surface area contributed by atoms with Gasteiger partial charge in [-0.15, -0.1) is 11.8 Å². The second-order valence-corrected chi connectivity index (χ2v) is 10.2. The van der Waals surface area contributed by atoms with E-state index in [1.54, 1.807) is 19.9 Å². The van der Waals surface area contributed by atoms with Crippen LogP contribution in [0.5, 0.6) is 0 Å². The van der Waals surface area contributed by atoms with Gasteiger partial charge in [0, 0.05) is 34.3 Å². The van der Waals surface area contributed by atoms with E-state index in [-0.39, 0.29) is 35.1 Å². The maximum absolute atomic E-state index is 12.6. The van der Waals surface area contributed by atoms with Crippen LogP contribution in [0.1, 0.15) is 24.7 Å². The molecule has 2 amide bonds. The number of nitrogens with zero attached hydrogens (tertiary/aromatic N) is 1. The molecule has 3 N–H and O–H groups in total. The third-order valence-electron chi connectivity index (χ3n) is 4.61. The van der Waals surface area contributed by atoms with Crippen molar-refractivity contribution in [3.63, 3.8) is 0 Å². The van der Waals surface area contributed by atoms with E-state index in [0.29, 0.717) is 0 Å². The largest absolute Gasteiger partial charge is 0.480 e. The molecule has 9 nitrogen and oxygen atoms in total. The predicted molar refractivity (Wildman–Crippen MR) is 102 cm³/mol. The van der Waals surface area contributed by atoms with Crippen LogP contribution < -0.4 is 5.32 Å². The Kier molecular flexibility index (Phi) is 6.59. The fraction of sp³-hybridized carbons (Fsp3) is 0.438. The number of carbonyl (C=O) groups is 3. The Bertz CT molecular complexity index is 907. The molecule has 147 valence electrons. The Hall–Kier alpha value is -1.11. The number of hydrogen-bond acceptors (Lipinski definition) is 6. The number of carboxylic acids is 1. The van der Waals surface area contributed by atoms with Crippen LogP contribution in [0.4, 0.5) is 0 Å². The summed E-state index contributed by atoms with van der Waals surface area (Å²) in [5.41, 5.74) is 0.0592. The molecule has 1 aromatic carbocycles. The van der Waals surface area contributed by atoms with Gasteiger partial charge in [-0.05, 0) is 19.4 Å². The summed E-state index contributed by atoms with van der Waals surface area (Å²) in [7, 11) is -4.77. The fourth-order valence-corrected chi connectivity index (χ4v) is 5.93. The molecule has 1 aromatic rings. The molecule has 0 bridgehead atoms. The molecule has 2 aliphatic heterocycles. The number of amides is 2. The number of rotatable bonds is 5. The van der Waals surface area contributed by atoms with Gasteiger partial charge in [0.25, 0.3) is 10.1 Å². The zero-order valence-corrected chi connectivity index (χ0v) is 19.0. The van der Waals surface area contributed by atoms with Gasteiger partial charge in [-0.25, -0.2) is 4.79 Å². The van der Waals surface area contributed by atoms with E-state index in [4.69, 9.17) is 0 Å². The molecule has 2 saturated heterocycles. The first-order chi connectivity index (χ1) is 12.4. The second-order valence-electron chi connectivity index (χ2n) is 6.89. The minimum Gasteiger partial charge on any atom is -0.480 e. The molecule has 1 unspecified atom stereocenters. The number of thioether (sulfide) groups is 1. The number of hydrogen-bond donors (Lipinski definition) is 3. The van der Waals surface area contributed by atoms with Gasteiger partial charge in [-0.2, -0.15) is 8.42 Å². The molecule has 12 heteroatoms. The molecule has 1 radical (unpaired) electrons. The van der Waals surface area contributed by atoms with Gasteiger partial charge in [0.15, 0.2) is 5.25 Å². The first-order valence-electron chi connectivity index (χ1n) is 7.99. The maximum atomic E-state index is 12.6. The topological polar surface area (TPSA) is 141 Å². The SMILES string of the molecule is CC1(C)S[C@@H]2[C@H](NC(=O)C(c3ccccc3)S(=O)(=O)O)C(=O)N2[C@H]1C(=O)O.[Na]. The van der Waals surface area contributed by atoms with Crippen molar-refractivity contribution in [3.05, 3.63) is 35.9 Å². The molecule has 0 spiro atoms. The van der Waals surface area contributed by atoms with Gasteiger partial charge in [-0.1, -0.05) is 30.3 Å². The van der Waals surface area contributed by atoms with Crippen LogP contribution in [0.2, 0.25) is 0 Å². The molecule has 2 fully saturated rings. The Balaban J connectivity index is 0.00000280. The average Bonchev–Trinajstić information content (AvgIpc) is 2.81. The predicted octanol–water partition coefficient (Wildman–Crippen LogP) is -0.134. The molecule has 4 atom stereocenters. The molecular weight excluding hydrogens is 419 g/mol. The van der Waals surface area contributed by atoms with E-state index in [1.165, 1.54) is 40.9 Å². The molecular formula is C16H18N2NaO7S2. The number of carbonyl (C=O) groups excluding carboxylic acids is 2. The van der Waals surface area contributed by atoms with E-state index in [0.717, 1.165) is 0 Å². The van der Waals surface area contributed by atoms with Crippen molar-refractivity contribution in [1.82, 2.24) is 10.2 Å². The number of aliphatic carboxylic acids is 1. The third-order valence-corrected chi connectivity index (χ3v) is 7.26. The van der Waals surface area contributed by atoms with Crippen molar-refractivity contribution in [2.75, 3.05) is 0 Å². The molecule has 3 rings (SSSR count). The molecule has 0 aliphatic carbocycles. The normalized spacial score (nSPS) is 26.5. The third kappa shape index (κ3) is 3.96. The summed E-state index contributed by atoms with van der Waals surface area (Å²) in [6.07, 6.45) is 0. The summed E-state index contributed by atoms with van der Waals surface area (Å²) in [4.78, 5) is 37.7. The number of nitrogens with one attached hydrogen (secondary N) is 1. The van der Waals surface area contributed by atoms with Crippen molar-refractivity contribution in [3.8, 4) is 0 Å². The van der Waals surface area contributed by atoms with Gasteiger partial charge >= 0.3 is 5.97 Å². The van der Waals surface area contributed by atoms with Gasteiger partial charge in [0.05, 0.1) is 0 Å². The van der Waals surface area contributed by atoms with Crippen LogP contribution in [0.15, 0.2) is 30.3 Å². The number of benzene rings is 1. The van der Waals surface area contributed by atoms with E-state index < -0.39 is 55.4 Å². The number of β-lactam (4-membered cyclic amide) rings is 1. The standard InChI is InChI=1S/C16H18N2O7S2.Na/c1-16(2)11(15(21)22)18-13(20)9(14(18)26-16)17-12(19)10(27(23,24)25)8-6-4-3-5-7-8;/h3-7,9-11,14H,1-2H3,(H,17,19)(H,21,22)(H,23,24,25);/t9-,10?,11+,14-;/m1./s1. The smallest absolute Gasteiger partial charge is 0.327 e. The van der Waals surface area contributed by atoms with E-state index >= 15 is 0 Å². The van der Waals surface area contributed by atoms with Crippen molar-refractivity contribution in [1.29, 1.82) is 0 Å². The minimum atomic E-state index is -4.77. The maximum Gasteiger partial charge on any atom is 0.327 e. The van der Waals surface area contributed by atoms with E-state index in [2.05, 4.69) is 5.32 Å². The summed E-state index contributed by atoms with van der Waals surface area (Å²) in [5.74, 6) is -2.78.